The van der Waals surface area contributed by atoms with Gasteiger partial charge in [-0.15, -0.1) is 4.91 Å². The number of aliphatic hydroxyl groups excluding tert-OH is 2. The molecule has 1 aromatic heterocycles. The number of ether oxygens (including phenoxy) is 1. The third-order valence-electron chi connectivity index (χ3n) is 11.0. The van der Waals surface area contributed by atoms with Gasteiger partial charge in [-0.25, -0.2) is 9.78 Å². The number of oxime groups is 1. The first-order valence-corrected chi connectivity index (χ1v) is 41.1. The number of nitrogen functional groups attached to an aromatic ring is 3. The molecule has 0 radical (unpaired) electrons. The summed E-state index contributed by atoms with van der Waals surface area (Å²) in [6.07, 6.45) is 2.67. The molecule has 0 atom stereocenters. The number of aromatic carboxylic acids is 1. The maximum atomic E-state index is 12.8. The van der Waals surface area contributed by atoms with E-state index >= 15 is 0 Å². The number of carbonyl (C=O) groups is 5. The number of aliphatic carboxylic acids is 1. The largest absolute Gasteiger partial charge is 1.00 e. The summed E-state index contributed by atoms with van der Waals surface area (Å²) in [6, 6.07) is 34.9. The average molecular weight is 2530 g/mol. The number of aromatic amines is 1. The number of carboxylic acid groups (broad SMARTS) is 2. The van der Waals surface area contributed by atoms with Crippen LogP contribution in [0.5, 0.6) is 0 Å². The van der Waals surface area contributed by atoms with E-state index in [-0.39, 0.29) is 164 Å². The summed E-state index contributed by atoms with van der Waals surface area (Å²) in [5.41, 5.74) is 24.4. The Morgan fingerprint density at radius 1 is 0.700 bits per heavy atom. The summed E-state index contributed by atoms with van der Waals surface area (Å²) in [4.78, 5) is 110. The van der Waals surface area contributed by atoms with Crippen molar-refractivity contribution < 1.29 is 187 Å². The molecule has 0 bridgehead atoms. The number of anilines is 5. The van der Waals surface area contributed by atoms with Crippen molar-refractivity contribution in [2.24, 2.45) is 22.1 Å². The number of H-pyrrole nitrogens is 1. The van der Waals surface area contributed by atoms with Crippen molar-refractivity contribution in [3.63, 3.8) is 0 Å². The van der Waals surface area contributed by atoms with Gasteiger partial charge in [-0.3, -0.25) is 68.8 Å². The van der Waals surface area contributed by atoms with E-state index < -0.39 is 66.2 Å². The summed E-state index contributed by atoms with van der Waals surface area (Å²) in [7, 11) is -3.11. The molecule has 8 aromatic carbocycles. The second-order valence-electron chi connectivity index (χ2n) is 20.2. The SMILES string of the molecule is C.C.C.CC#N.CC(=O)O.CC(C)O.COCCO.N=CN.N[N-]O.Nc1c(Br)cccc1[N+](=O)[O-].Nc1c(C(=O)O)ccc(Br)c1Cl.Nc1cccc(Br)c1Cl.O=C(/C=N/O)Nc1cccc(Br)c1Cl.O=C1Nc2c(ccc(Br)c2Cl)C1=O.O=NO[O-].O=S(=O)(O)O.O=[N+]([O-])c1cccc(Br)c1Cl.O=[N+]([O-])c1cccc(Br)c1F.O=c1[nH]cnc2c(Cl)c(Br)ccc12.[K+].[Na+]. The van der Waals surface area contributed by atoms with Crippen molar-refractivity contribution in [3.8, 4) is 6.07 Å². The number of fused-ring (bicyclic) bond motifs is 2. The zero-order valence-electron chi connectivity index (χ0n) is 65.3. The number of aromatic nitrogens is 2. The van der Waals surface area contributed by atoms with Crippen LogP contribution in [0.1, 0.15) is 70.7 Å². The fourth-order valence-electron chi connectivity index (χ4n) is 6.37. The monoisotopic (exact) mass is 2510 g/mol. The number of amides is 2. The molecule has 0 spiro atoms. The second-order valence-corrected chi connectivity index (χ2v) is 30.2. The first-order valence-electron chi connectivity index (χ1n) is 31.1. The summed E-state index contributed by atoms with van der Waals surface area (Å²) in [6.45, 7) is 6.52. The van der Waals surface area contributed by atoms with Crippen molar-refractivity contribution in [3.05, 3.63) is 268 Å². The number of para-hydroxylation sites is 1. The Balaban J connectivity index is -0.000000132. The molecule has 0 fully saturated rings. The van der Waals surface area contributed by atoms with Gasteiger partial charge in [-0.1, -0.05) is 127 Å². The van der Waals surface area contributed by atoms with Crippen molar-refractivity contribution in [2.45, 2.75) is 56.1 Å². The topological polar surface area (TPSA) is 756 Å². The maximum Gasteiger partial charge on any atom is 1.00 e. The molecule has 1 aliphatic rings. The fourth-order valence-corrected chi connectivity index (χ4v) is 10.3. The number of halogens is 15. The number of carbonyl (C=O) groups excluding carboxylic acids is 3. The Kier molecular flexibility index (Phi) is 95.1. The number of nitrogens with two attached hydrogens (primary N) is 5. The molecule has 61 heteroatoms. The van der Waals surface area contributed by atoms with Crippen LogP contribution in [-0.4, -0.2) is 142 Å². The van der Waals surface area contributed by atoms with Gasteiger partial charge < -0.3 is 95.8 Å². The molecule has 2 heterocycles. The Labute approximate surface area is 902 Å². The number of hydrogen-bond donors (Lipinski definition) is 17. The van der Waals surface area contributed by atoms with E-state index in [1.807, 2.05) is 17.7 Å². The predicted octanol–water partition coefficient (Wildman–Crippen LogP) is 13.6. The van der Waals surface area contributed by atoms with E-state index in [0.717, 1.165) is 34.5 Å². The number of nitriles is 1. The average Bonchev–Trinajstić information content (AvgIpc) is 1.62. The van der Waals surface area contributed by atoms with Crippen LogP contribution in [0.3, 0.4) is 0 Å². The predicted molar refractivity (Wildman–Crippen MR) is 516 cm³/mol. The Bertz CT molecular complexity index is 5110. The molecular formula is C69H78Br8Cl6FKN17NaO26S. The number of carboxylic acids is 2. The summed E-state index contributed by atoms with van der Waals surface area (Å²) in [5.74, 6) is -0.439. The van der Waals surface area contributed by atoms with E-state index in [2.05, 4.69) is 174 Å². The van der Waals surface area contributed by atoms with Crippen LogP contribution in [0.4, 0.5) is 49.9 Å². The molecule has 0 aliphatic carbocycles. The van der Waals surface area contributed by atoms with Crippen molar-refractivity contribution in [1.29, 1.82) is 10.7 Å². The van der Waals surface area contributed by atoms with Crippen molar-refractivity contribution in [2.75, 3.05) is 48.2 Å². The van der Waals surface area contributed by atoms with Gasteiger partial charge in [-0.2, -0.15) is 18.1 Å². The fraction of sp³-hybridized carbons (Fsp3) is 0.159. The minimum absolute atomic E-state index is 0. The van der Waals surface area contributed by atoms with E-state index in [1.54, 1.807) is 106 Å². The maximum absolute atomic E-state index is 12.8. The van der Waals surface area contributed by atoms with Crippen LogP contribution >= 0.6 is 197 Å². The quantitative estimate of drug-likeness (QED) is 0.00519. The molecule has 708 valence electrons. The van der Waals surface area contributed by atoms with Gasteiger partial charge in [0.05, 0.1) is 121 Å². The number of benzene rings is 8. The molecule has 130 heavy (non-hydrogen) atoms. The van der Waals surface area contributed by atoms with Crippen LogP contribution in [0.2, 0.25) is 30.1 Å². The normalized spacial score (nSPS) is 9.32. The number of nitro benzene ring substituents is 3. The standard InChI is InChI=1S/C8H6BrClN2O2.C8H4BrClN2O.C8H3BrClNO2.C7H5BrClNO2.C6H3BrClNO2.C6H5BrClN.C6H3BrFNO2.C6H5BrN2O2.C3H8O2.C3H8O.C2H3N.C2H4O2.CH4N2.3CH4.K.H3N2O.HNO3.Na.H2O4S/c9-5-2-1-3-6(8(5)10)12-7(13)4-11-14;9-5-2-1-4-7(6(5)10)11-3-12-8(4)13;9-4-2-1-3-6(5(4)10)11-8(13)7(3)12;8-4-2-1-3(7(11)12)6(10)5(4)9;7-4-2-1-3-5(6(4)8)9(10)11;7-4-2-1-3-5(9)6(4)8;2*7-4-2-1-3-5(6(4)8)9(10)11;1-5-3-2-4;1-3(2)4;1-2-3;1-2(3)4;2-1-3;;;;;1-2-3;2-1-4-3;;1-5(2,3)4/h1-4,14H,(H,12,13);1-3H,(H,11,12,13);1-2H,(H,11,12,13);1-2H,10H2,(H,11,12);1-3H;1-3H,9H2;1-3H;1-3H,8H2;4H,2-3H2,1H3;3-4H,1-2H3;1H3;1H3,(H,3,4);1H,(H3,2,3);3*1H4;;3H,1H2;3H;;(H2,1,2,3,4)/q;;;;;;;;;;;;;;;;+1;-1;;+1;/p-1/b11-4+;;;;;;;;;;;;;;;;;;;;. The number of rotatable bonds is 9. The van der Waals surface area contributed by atoms with E-state index in [0.29, 0.717) is 82.6 Å². The van der Waals surface area contributed by atoms with Crippen LogP contribution in [0.15, 0.2) is 185 Å². The van der Waals surface area contributed by atoms with Crippen molar-refractivity contribution >= 4 is 306 Å². The number of methoxy groups -OCH3 is 1. The number of Topliss-reactive ketones (excluding diaryl/α,β-unsaturated/α-hetero) is 1. The molecular weight excluding hydrogens is 2450 g/mol. The Morgan fingerprint density at radius 3 is 1.45 bits per heavy atom. The Hall–Kier alpha value is -6.38. The minimum atomic E-state index is -4.67. The summed E-state index contributed by atoms with van der Waals surface area (Å²) < 4.78 is 53.5. The zero-order valence-corrected chi connectivity index (χ0v) is 88.5. The van der Waals surface area contributed by atoms with Crippen LogP contribution in [-0.2, 0) is 34.5 Å². The zero-order chi connectivity index (χ0) is 98.3. The molecule has 0 unspecified atom stereocenters. The van der Waals surface area contributed by atoms with Gasteiger partial charge in [0.15, 0.2) is 0 Å². The van der Waals surface area contributed by atoms with Gasteiger partial charge in [0.2, 0.25) is 5.82 Å². The van der Waals surface area contributed by atoms with Gasteiger partial charge >= 0.3 is 103 Å². The molecule has 0 saturated heterocycles. The summed E-state index contributed by atoms with van der Waals surface area (Å²) >= 11 is 59.7. The van der Waals surface area contributed by atoms with Crippen LogP contribution in [0.25, 0.3) is 16.5 Å². The molecule has 22 N–H and O–H groups in total. The third kappa shape index (κ3) is 66.9. The van der Waals surface area contributed by atoms with E-state index in [4.69, 9.17) is 161 Å². The number of aliphatic hydroxyl groups is 2. The smallest absolute Gasteiger partial charge is 0.635 e. The number of nitro groups is 3. The van der Waals surface area contributed by atoms with Crippen LogP contribution in [0, 0.1) is 57.8 Å². The molecule has 43 nitrogen and oxygen atoms in total. The van der Waals surface area contributed by atoms with Gasteiger partial charge in [0, 0.05) is 76.6 Å². The number of hydrogen-bond acceptors (Lipinski definition) is 31. The third-order valence-corrected chi connectivity index (χ3v) is 20.1. The van der Waals surface area contributed by atoms with E-state index in [1.165, 1.54) is 48.9 Å². The van der Waals surface area contributed by atoms with Crippen LogP contribution < -0.4 is 131 Å². The van der Waals surface area contributed by atoms with Gasteiger partial charge in [-0.05, 0) is 220 Å². The molecule has 0 saturated carbocycles. The molecule has 1 aliphatic heterocycles. The first-order chi connectivity index (χ1) is 58.1. The van der Waals surface area contributed by atoms with Gasteiger partial charge in [0.1, 0.15) is 22.3 Å². The molecule has 9 aromatic rings. The number of ketones is 1. The summed E-state index contributed by atoms with van der Waals surface area (Å²) in [5, 5.41) is 111. The molecule has 10 rings (SSSR count). The molecule has 2 amide bonds. The minimum Gasteiger partial charge on any atom is -0.635 e. The Morgan fingerprint density at radius 2 is 1.07 bits per heavy atom. The van der Waals surface area contributed by atoms with Crippen molar-refractivity contribution in [1.82, 2.24) is 9.97 Å². The van der Waals surface area contributed by atoms with E-state index in [9.17, 15) is 58.7 Å². The number of nitrogens with one attached hydrogen (secondary N) is 4. The second kappa shape index (κ2) is 84.4. The number of nitrogens with zero attached hydrogens (tertiary/aromatic N) is 8. The van der Waals surface area contributed by atoms with Gasteiger partial charge in [0.25, 0.3) is 40.5 Å². The first kappa shape index (κ1) is 147.